The minimum atomic E-state index is -0.250. The maximum Gasteiger partial charge on any atom is 0.410 e. The fourth-order valence-electron chi connectivity index (χ4n) is 4.70. The largest absolute Gasteiger partial charge is 0.445 e. The summed E-state index contributed by atoms with van der Waals surface area (Å²) in [4.78, 5) is 17.0. The number of hydrogen-bond donors (Lipinski definition) is 0. The van der Waals surface area contributed by atoms with Gasteiger partial charge in [-0.2, -0.15) is 0 Å². The Morgan fingerprint density at radius 3 is 2.52 bits per heavy atom. The molecule has 33 heavy (non-hydrogen) atoms. The third-order valence-corrected chi connectivity index (χ3v) is 6.68. The first-order valence-electron chi connectivity index (χ1n) is 12.8. The van der Waals surface area contributed by atoms with E-state index in [2.05, 4.69) is 11.5 Å². The molecule has 1 aromatic carbocycles. The number of carbonyl (C=O) groups is 1. The molecule has 1 heterocycles. The van der Waals surface area contributed by atoms with Crippen molar-refractivity contribution in [1.29, 1.82) is 0 Å². The first-order chi connectivity index (χ1) is 16.3. The molecular weight excluding hydrogens is 416 g/mol. The third kappa shape index (κ3) is 9.48. The van der Waals surface area contributed by atoms with Crippen LogP contribution in [0.25, 0.3) is 0 Å². The van der Waals surface area contributed by atoms with Crippen LogP contribution in [0.3, 0.4) is 0 Å². The number of amides is 1. The minimum Gasteiger partial charge on any atom is -0.445 e. The van der Waals surface area contributed by atoms with Crippen molar-refractivity contribution in [2.75, 3.05) is 46.0 Å². The summed E-state index contributed by atoms with van der Waals surface area (Å²) in [6, 6.07) is 10.0. The highest BCUT2D eigenvalue weighted by Gasteiger charge is 2.29. The van der Waals surface area contributed by atoms with Crippen molar-refractivity contribution < 1.29 is 19.0 Å². The van der Waals surface area contributed by atoms with Crippen LogP contribution in [0, 0.1) is 0 Å². The van der Waals surface area contributed by atoms with Gasteiger partial charge in [0.05, 0.1) is 19.3 Å². The lowest BCUT2D eigenvalue weighted by Crippen LogP contribution is -2.43. The summed E-state index contributed by atoms with van der Waals surface area (Å²) in [5.41, 5.74) is 1.00. The van der Waals surface area contributed by atoms with Crippen molar-refractivity contribution in [2.45, 2.75) is 70.1 Å². The van der Waals surface area contributed by atoms with E-state index in [1.54, 1.807) is 6.08 Å². The normalized spacial score (nSPS) is 21.5. The van der Waals surface area contributed by atoms with E-state index >= 15 is 0 Å². The number of morpholine rings is 1. The van der Waals surface area contributed by atoms with E-state index < -0.39 is 0 Å². The Bertz CT molecular complexity index is 670. The predicted octanol–water partition coefficient (Wildman–Crippen LogP) is 5.03. The molecule has 6 nitrogen and oxygen atoms in total. The zero-order chi connectivity index (χ0) is 23.1. The second-order valence-corrected chi connectivity index (χ2v) is 9.15. The van der Waals surface area contributed by atoms with Gasteiger partial charge < -0.3 is 19.1 Å². The molecule has 0 bridgehead atoms. The molecule has 1 aromatic rings. The van der Waals surface area contributed by atoms with Gasteiger partial charge in [0.25, 0.3) is 0 Å². The molecule has 0 unspecified atom stereocenters. The summed E-state index contributed by atoms with van der Waals surface area (Å²) in [5, 5.41) is 0. The zero-order valence-electron chi connectivity index (χ0n) is 20.2. The van der Waals surface area contributed by atoms with E-state index in [-0.39, 0.29) is 12.1 Å². The van der Waals surface area contributed by atoms with Crippen molar-refractivity contribution in [3.63, 3.8) is 0 Å². The van der Waals surface area contributed by atoms with Crippen LogP contribution in [-0.2, 0) is 20.8 Å². The van der Waals surface area contributed by atoms with E-state index in [1.807, 2.05) is 35.2 Å². The number of carbonyl (C=O) groups excluding carboxylic acids is 1. The second-order valence-electron chi connectivity index (χ2n) is 9.15. The van der Waals surface area contributed by atoms with Gasteiger partial charge in [-0.15, -0.1) is 6.58 Å². The van der Waals surface area contributed by atoms with Gasteiger partial charge in [-0.1, -0.05) is 49.2 Å². The molecule has 0 radical (unpaired) electrons. The summed E-state index contributed by atoms with van der Waals surface area (Å²) in [5.74, 6) is 0. The second kappa shape index (κ2) is 15.1. The van der Waals surface area contributed by atoms with Crippen LogP contribution in [0.5, 0.6) is 0 Å². The predicted molar refractivity (Wildman–Crippen MR) is 131 cm³/mol. The Kier molecular flexibility index (Phi) is 11.8. The number of rotatable bonds is 13. The van der Waals surface area contributed by atoms with Crippen LogP contribution in [0.4, 0.5) is 4.79 Å². The molecule has 6 heteroatoms. The molecule has 2 aliphatic rings. The molecule has 184 valence electrons. The molecule has 3 rings (SSSR count). The van der Waals surface area contributed by atoms with Crippen LogP contribution >= 0.6 is 0 Å². The van der Waals surface area contributed by atoms with Gasteiger partial charge in [0, 0.05) is 32.3 Å². The van der Waals surface area contributed by atoms with E-state index in [9.17, 15) is 4.79 Å². The van der Waals surface area contributed by atoms with Gasteiger partial charge in [-0.05, 0) is 50.6 Å². The van der Waals surface area contributed by atoms with Crippen LogP contribution < -0.4 is 0 Å². The smallest absolute Gasteiger partial charge is 0.410 e. The summed E-state index contributed by atoms with van der Waals surface area (Å²) in [7, 11) is 0. The molecule has 0 N–H and O–H groups in total. The number of benzene rings is 1. The van der Waals surface area contributed by atoms with Gasteiger partial charge in [-0.3, -0.25) is 4.90 Å². The minimum absolute atomic E-state index is 0.200. The molecular formula is C27H42N2O4. The van der Waals surface area contributed by atoms with Gasteiger partial charge in [0.15, 0.2) is 0 Å². The Labute approximate surface area is 199 Å². The third-order valence-electron chi connectivity index (χ3n) is 6.68. The summed E-state index contributed by atoms with van der Waals surface area (Å²) < 4.78 is 17.1. The van der Waals surface area contributed by atoms with E-state index in [1.165, 1.54) is 25.8 Å². The lowest BCUT2D eigenvalue weighted by Gasteiger charge is -2.35. The van der Waals surface area contributed by atoms with Gasteiger partial charge in [-0.25, -0.2) is 4.79 Å². The molecule has 2 fully saturated rings. The van der Waals surface area contributed by atoms with Crippen molar-refractivity contribution >= 4 is 6.09 Å². The fourth-order valence-corrected chi connectivity index (χ4v) is 4.70. The molecule has 1 aliphatic carbocycles. The lowest BCUT2D eigenvalue weighted by molar-refractivity contribution is 0.00478. The van der Waals surface area contributed by atoms with E-state index in [0.29, 0.717) is 19.3 Å². The number of hydrogen-bond acceptors (Lipinski definition) is 5. The average molecular weight is 459 g/mol. The van der Waals surface area contributed by atoms with Crippen molar-refractivity contribution in [1.82, 2.24) is 9.80 Å². The maximum atomic E-state index is 12.7. The molecule has 1 saturated carbocycles. The fraction of sp³-hybridized carbons (Fsp3) is 0.667. The Morgan fingerprint density at radius 2 is 1.79 bits per heavy atom. The highest BCUT2D eigenvalue weighted by atomic mass is 16.6. The Morgan fingerprint density at radius 1 is 1.06 bits per heavy atom. The molecule has 0 spiro atoms. The number of unbranched alkanes of at least 4 members (excludes halogenated alkanes) is 3. The molecule has 0 atom stereocenters. The van der Waals surface area contributed by atoms with Crippen LogP contribution in [0.2, 0.25) is 0 Å². The van der Waals surface area contributed by atoms with Gasteiger partial charge >= 0.3 is 6.09 Å². The van der Waals surface area contributed by atoms with Crippen LogP contribution in [0.1, 0.15) is 56.9 Å². The first-order valence-corrected chi connectivity index (χ1v) is 12.8. The van der Waals surface area contributed by atoms with Gasteiger partial charge in [0.1, 0.15) is 6.61 Å². The maximum absolute atomic E-state index is 12.7. The standard InChI is InChI=1S/C27H42N2O4/c1-2-16-29(27(30)33-23-24-10-6-5-7-11-24)25-12-14-26(15-13-25)32-20-9-4-3-8-17-28-18-21-31-22-19-28/h2,5-7,10-11,25-26H,1,3-4,8-9,12-23H2. The van der Waals surface area contributed by atoms with Gasteiger partial charge in [0.2, 0.25) is 0 Å². The lowest BCUT2D eigenvalue weighted by atomic mass is 9.92. The monoisotopic (exact) mass is 458 g/mol. The quantitative estimate of drug-likeness (QED) is 0.306. The molecule has 0 aromatic heterocycles. The Balaban J connectivity index is 1.26. The topological polar surface area (TPSA) is 51.2 Å². The van der Waals surface area contributed by atoms with E-state index in [4.69, 9.17) is 14.2 Å². The highest BCUT2D eigenvalue weighted by Crippen LogP contribution is 2.26. The van der Waals surface area contributed by atoms with E-state index in [0.717, 1.165) is 70.6 Å². The molecule has 1 saturated heterocycles. The van der Waals surface area contributed by atoms with Crippen molar-refractivity contribution in [2.24, 2.45) is 0 Å². The number of nitrogens with zero attached hydrogens (tertiary/aromatic N) is 2. The number of ether oxygens (including phenoxy) is 3. The SMILES string of the molecule is C=CCN(C(=O)OCc1ccccc1)C1CCC(OCCCCCCN2CCOCC2)CC1. The average Bonchev–Trinajstić information content (AvgIpc) is 2.87. The Hall–Kier alpha value is -1.89. The molecule has 1 amide bonds. The summed E-state index contributed by atoms with van der Waals surface area (Å²) >= 11 is 0. The van der Waals surface area contributed by atoms with Crippen LogP contribution in [-0.4, -0.2) is 74.0 Å². The highest BCUT2D eigenvalue weighted by molar-refractivity contribution is 5.68. The van der Waals surface area contributed by atoms with Crippen molar-refractivity contribution in [3.8, 4) is 0 Å². The summed E-state index contributed by atoms with van der Waals surface area (Å²) in [6.45, 7) is 10.6. The first kappa shape index (κ1) is 25.7. The zero-order valence-corrected chi connectivity index (χ0v) is 20.2. The summed E-state index contributed by atoms with van der Waals surface area (Å²) in [6.07, 6.45) is 10.7. The molecule has 1 aliphatic heterocycles. The van der Waals surface area contributed by atoms with Crippen LogP contribution in [0.15, 0.2) is 43.0 Å². The van der Waals surface area contributed by atoms with Crippen molar-refractivity contribution in [3.05, 3.63) is 48.6 Å².